The molecule has 0 bridgehead atoms. The number of benzene rings is 1. The number of fused-ring (bicyclic) bond motifs is 1. The molecule has 1 aromatic carbocycles. The third-order valence-corrected chi connectivity index (χ3v) is 4.37. The lowest BCUT2D eigenvalue weighted by molar-refractivity contribution is -0.145. The van der Waals surface area contributed by atoms with Crippen molar-refractivity contribution < 1.29 is 22.7 Å². The highest BCUT2D eigenvalue weighted by Gasteiger charge is 2.39. The molecule has 1 atom stereocenters. The average molecular weight is 401 g/mol. The summed E-state index contributed by atoms with van der Waals surface area (Å²) in [6, 6.07) is 9.19. The van der Waals surface area contributed by atoms with Crippen LogP contribution in [0, 0.1) is 0 Å². The number of carbonyl (C=O) groups excluding carboxylic acids is 1. The number of carbonyl (C=O) groups is 1. The maximum absolute atomic E-state index is 13.2. The van der Waals surface area contributed by atoms with Gasteiger partial charge in [-0.25, -0.2) is 9.48 Å². The van der Waals surface area contributed by atoms with Crippen LogP contribution in [-0.4, -0.2) is 32.8 Å². The number of anilines is 1. The van der Waals surface area contributed by atoms with Crippen LogP contribution >= 0.6 is 0 Å². The lowest BCUT2D eigenvalue weighted by Crippen LogP contribution is -2.20. The average Bonchev–Trinajstić information content (AvgIpc) is 3.18. The fourth-order valence-corrected chi connectivity index (χ4v) is 2.98. The monoisotopic (exact) mass is 401 g/mol. The van der Waals surface area contributed by atoms with Crippen LogP contribution in [0.15, 0.2) is 54.9 Å². The van der Waals surface area contributed by atoms with Crippen molar-refractivity contribution in [3.63, 3.8) is 0 Å². The number of nitrogens with zero attached hydrogens (tertiary/aromatic N) is 4. The summed E-state index contributed by atoms with van der Waals surface area (Å²) in [6.07, 6.45) is 0.235. The molecule has 7 nitrogen and oxygen atoms in total. The molecule has 0 saturated heterocycles. The summed E-state index contributed by atoms with van der Waals surface area (Å²) in [5.41, 5.74) is 2.19. The van der Waals surface area contributed by atoms with Gasteiger partial charge in [0.05, 0.1) is 12.7 Å². The van der Waals surface area contributed by atoms with Gasteiger partial charge in [0.15, 0.2) is 0 Å². The summed E-state index contributed by atoms with van der Waals surface area (Å²) >= 11 is 0. The minimum absolute atomic E-state index is 0.0410. The van der Waals surface area contributed by atoms with Gasteiger partial charge in [-0.2, -0.15) is 18.2 Å². The molecule has 3 heterocycles. The number of hydrogen-bond donors (Lipinski definition) is 1. The lowest BCUT2D eigenvalue weighted by atomic mass is 10.0. The SMILES string of the molecule is COC(=O)c1ccc(C2C=C(c3cccnc3)Nc3nc(C(F)(F)F)nn32)cc1. The largest absolute Gasteiger partial charge is 0.465 e. The Labute approximate surface area is 162 Å². The van der Waals surface area contributed by atoms with E-state index in [9.17, 15) is 18.0 Å². The Balaban J connectivity index is 1.80. The topological polar surface area (TPSA) is 81.9 Å². The first-order valence-electron chi connectivity index (χ1n) is 8.48. The summed E-state index contributed by atoms with van der Waals surface area (Å²) in [5.74, 6) is -1.79. The van der Waals surface area contributed by atoms with Gasteiger partial charge in [0.2, 0.25) is 5.95 Å². The molecule has 1 N–H and O–H groups in total. The molecule has 10 heteroatoms. The van der Waals surface area contributed by atoms with Gasteiger partial charge in [-0.3, -0.25) is 4.98 Å². The van der Waals surface area contributed by atoms with Crippen molar-refractivity contribution in [2.45, 2.75) is 12.2 Å². The van der Waals surface area contributed by atoms with E-state index in [1.807, 2.05) is 0 Å². The Kier molecular flexibility index (Phi) is 4.53. The Morgan fingerprint density at radius 3 is 2.59 bits per heavy atom. The van der Waals surface area contributed by atoms with E-state index in [1.165, 1.54) is 7.11 Å². The molecular formula is C19H14F3N5O2. The van der Waals surface area contributed by atoms with Gasteiger partial charge in [-0.15, -0.1) is 5.10 Å². The van der Waals surface area contributed by atoms with Gasteiger partial charge in [0.25, 0.3) is 5.82 Å². The van der Waals surface area contributed by atoms with Crippen LogP contribution in [-0.2, 0) is 10.9 Å². The third kappa shape index (κ3) is 3.56. The molecule has 148 valence electrons. The molecule has 0 amide bonds. The number of aromatic nitrogens is 4. The number of rotatable bonds is 3. The van der Waals surface area contributed by atoms with E-state index < -0.39 is 24.0 Å². The molecule has 1 unspecified atom stereocenters. The highest BCUT2D eigenvalue weighted by molar-refractivity contribution is 5.89. The second kappa shape index (κ2) is 7.04. The number of halogens is 3. The summed E-state index contributed by atoms with van der Waals surface area (Å²) in [6.45, 7) is 0. The zero-order valence-electron chi connectivity index (χ0n) is 15.0. The Bertz CT molecular complexity index is 1080. The molecule has 3 aromatic rings. The first-order chi connectivity index (χ1) is 13.9. The number of methoxy groups -OCH3 is 1. The molecule has 4 rings (SSSR count). The molecule has 29 heavy (non-hydrogen) atoms. The van der Waals surface area contributed by atoms with Gasteiger partial charge in [-0.1, -0.05) is 12.1 Å². The standard InChI is InChI=1S/C19H14F3N5O2/c1-29-16(28)12-6-4-11(5-7-12)15-9-14(13-3-2-8-23-10-13)24-18-25-17(19(20,21)22)26-27(15)18/h2-10,15H,1H3,(H,24,25,26). The fraction of sp³-hybridized carbons (Fsp3) is 0.158. The predicted octanol–water partition coefficient (Wildman–Crippen LogP) is 3.53. The lowest BCUT2D eigenvalue weighted by Gasteiger charge is -2.24. The van der Waals surface area contributed by atoms with Gasteiger partial charge >= 0.3 is 12.1 Å². The van der Waals surface area contributed by atoms with Crippen molar-refractivity contribution in [2.24, 2.45) is 0 Å². The van der Waals surface area contributed by atoms with Crippen molar-refractivity contribution in [3.05, 3.63) is 77.4 Å². The molecule has 0 fully saturated rings. The van der Waals surface area contributed by atoms with E-state index in [-0.39, 0.29) is 5.95 Å². The smallest absolute Gasteiger partial charge is 0.453 e. The second-order valence-corrected chi connectivity index (χ2v) is 6.21. The van der Waals surface area contributed by atoms with Crippen LogP contribution < -0.4 is 5.32 Å². The van der Waals surface area contributed by atoms with E-state index in [2.05, 4.69) is 25.1 Å². The summed E-state index contributed by atoms with van der Waals surface area (Å²) < 4.78 is 45.3. The zero-order valence-corrected chi connectivity index (χ0v) is 15.0. The first kappa shape index (κ1) is 18.7. The highest BCUT2D eigenvalue weighted by atomic mass is 19.4. The molecule has 0 aliphatic carbocycles. The predicted molar refractivity (Wildman–Crippen MR) is 96.8 cm³/mol. The molecule has 1 aliphatic heterocycles. The van der Waals surface area contributed by atoms with Gasteiger partial charge in [0.1, 0.15) is 6.04 Å². The van der Waals surface area contributed by atoms with Crippen LogP contribution in [0.4, 0.5) is 19.1 Å². The number of hydrogen-bond acceptors (Lipinski definition) is 6. The van der Waals surface area contributed by atoms with Crippen molar-refractivity contribution in [3.8, 4) is 0 Å². The number of allylic oxidation sites excluding steroid dienone is 1. The van der Waals surface area contributed by atoms with Gasteiger partial charge in [0, 0.05) is 23.7 Å². The minimum Gasteiger partial charge on any atom is -0.465 e. The fourth-order valence-electron chi connectivity index (χ4n) is 2.98. The Morgan fingerprint density at radius 1 is 1.21 bits per heavy atom. The number of esters is 1. The molecule has 2 aromatic heterocycles. The van der Waals surface area contributed by atoms with E-state index in [4.69, 9.17) is 0 Å². The van der Waals surface area contributed by atoms with Crippen LogP contribution in [0.1, 0.15) is 33.4 Å². The number of ether oxygens (including phenoxy) is 1. The normalized spacial score (nSPS) is 15.9. The molecule has 0 spiro atoms. The molecule has 0 radical (unpaired) electrons. The quantitative estimate of drug-likeness (QED) is 0.676. The molecule has 0 saturated carbocycles. The number of nitrogens with one attached hydrogen (secondary N) is 1. The number of pyridine rings is 1. The summed E-state index contributed by atoms with van der Waals surface area (Å²) in [7, 11) is 1.27. The van der Waals surface area contributed by atoms with Crippen molar-refractivity contribution >= 4 is 17.6 Å². The first-order valence-corrected chi connectivity index (χ1v) is 8.48. The molecular weight excluding hydrogens is 387 g/mol. The van der Waals surface area contributed by atoms with Gasteiger partial charge in [-0.05, 0) is 35.9 Å². The zero-order chi connectivity index (χ0) is 20.6. The third-order valence-electron chi connectivity index (χ3n) is 4.37. The van der Waals surface area contributed by atoms with E-state index in [0.29, 0.717) is 22.4 Å². The second-order valence-electron chi connectivity index (χ2n) is 6.21. The Morgan fingerprint density at radius 2 is 1.97 bits per heavy atom. The van der Waals surface area contributed by atoms with E-state index >= 15 is 0 Å². The van der Waals surface area contributed by atoms with Crippen LogP contribution in [0.5, 0.6) is 0 Å². The van der Waals surface area contributed by atoms with Crippen LogP contribution in [0.25, 0.3) is 5.70 Å². The van der Waals surface area contributed by atoms with Crippen molar-refractivity contribution in [1.29, 1.82) is 0 Å². The van der Waals surface area contributed by atoms with Crippen LogP contribution in [0.2, 0.25) is 0 Å². The Hall–Kier alpha value is -3.69. The van der Waals surface area contributed by atoms with E-state index in [0.717, 1.165) is 4.68 Å². The van der Waals surface area contributed by atoms with Crippen molar-refractivity contribution in [1.82, 2.24) is 19.7 Å². The van der Waals surface area contributed by atoms with Gasteiger partial charge < -0.3 is 10.1 Å². The van der Waals surface area contributed by atoms with Crippen molar-refractivity contribution in [2.75, 3.05) is 12.4 Å². The highest BCUT2D eigenvalue weighted by Crippen LogP contribution is 2.35. The molecule has 1 aliphatic rings. The maximum Gasteiger partial charge on any atom is 0.453 e. The maximum atomic E-state index is 13.2. The number of alkyl halides is 3. The summed E-state index contributed by atoms with van der Waals surface area (Å²) in [5, 5.41) is 6.53. The van der Waals surface area contributed by atoms with E-state index in [1.54, 1.807) is 54.9 Å². The summed E-state index contributed by atoms with van der Waals surface area (Å²) in [4.78, 5) is 19.3. The minimum atomic E-state index is -4.68. The van der Waals surface area contributed by atoms with Crippen LogP contribution in [0.3, 0.4) is 0 Å².